The van der Waals surface area contributed by atoms with Crippen molar-refractivity contribution in [3.8, 4) is 5.75 Å². The Morgan fingerprint density at radius 2 is 1.43 bits per heavy atom. The number of carboxylic acids is 1. The van der Waals surface area contributed by atoms with Crippen LogP contribution in [0.3, 0.4) is 0 Å². The first-order valence-electron chi connectivity index (χ1n) is 11.6. The quantitative estimate of drug-likeness (QED) is 0.422. The van der Waals surface area contributed by atoms with E-state index in [1.807, 2.05) is 36.4 Å². The van der Waals surface area contributed by atoms with Crippen LogP contribution in [0.5, 0.6) is 5.75 Å². The standard InChI is InChI=1S/C27H27FN2O5/c28-23-16-21(9-12-24(23)35-22-10-7-18(8-11-22)27(33)34)26(32)30-14-13-29-25(31)20-6-5-17-3-1-2-4-19(17)15-20/h1-6,9,12,15-16,18,22H,7-8,10-11,13-14H2,(H,29,31)(H,30,32)(H,33,34)/t18-,22+. The Bertz CT molecular complexity index is 1240. The summed E-state index contributed by atoms with van der Waals surface area (Å²) in [6.45, 7) is 0.408. The normalized spacial score (nSPS) is 17.5. The molecule has 3 aromatic rings. The first kappa shape index (κ1) is 24.2. The summed E-state index contributed by atoms with van der Waals surface area (Å²) in [7, 11) is 0. The molecule has 1 fully saturated rings. The fraction of sp³-hybridized carbons (Fsp3) is 0.296. The van der Waals surface area contributed by atoms with E-state index < -0.39 is 17.7 Å². The summed E-state index contributed by atoms with van der Waals surface area (Å²) >= 11 is 0. The summed E-state index contributed by atoms with van der Waals surface area (Å²) in [5, 5.41) is 16.5. The van der Waals surface area contributed by atoms with Gasteiger partial charge < -0.3 is 20.5 Å². The van der Waals surface area contributed by atoms with Crippen molar-refractivity contribution in [1.29, 1.82) is 0 Å². The zero-order chi connectivity index (χ0) is 24.8. The Labute approximate surface area is 202 Å². The number of nitrogens with one attached hydrogen (secondary N) is 2. The topological polar surface area (TPSA) is 105 Å². The van der Waals surface area contributed by atoms with E-state index >= 15 is 0 Å². The van der Waals surface area contributed by atoms with Crippen molar-refractivity contribution in [2.75, 3.05) is 13.1 Å². The third-order valence-corrected chi connectivity index (χ3v) is 6.22. The van der Waals surface area contributed by atoms with Crippen LogP contribution in [0.1, 0.15) is 46.4 Å². The van der Waals surface area contributed by atoms with Crippen molar-refractivity contribution in [1.82, 2.24) is 10.6 Å². The van der Waals surface area contributed by atoms with Crippen molar-refractivity contribution < 1.29 is 28.6 Å². The van der Waals surface area contributed by atoms with E-state index in [1.54, 1.807) is 6.07 Å². The predicted molar refractivity (Wildman–Crippen MR) is 129 cm³/mol. The summed E-state index contributed by atoms with van der Waals surface area (Å²) in [5.74, 6) is -2.49. The summed E-state index contributed by atoms with van der Waals surface area (Å²) in [5.41, 5.74) is 0.675. The highest BCUT2D eigenvalue weighted by Gasteiger charge is 2.27. The van der Waals surface area contributed by atoms with Gasteiger partial charge in [0.2, 0.25) is 0 Å². The molecule has 1 aliphatic carbocycles. The maximum atomic E-state index is 14.5. The summed E-state index contributed by atoms with van der Waals surface area (Å²) in [6.07, 6.45) is 1.84. The first-order chi connectivity index (χ1) is 16.9. The van der Waals surface area contributed by atoms with Crippen LogP contribution < -0.4 is 15.4 Å². The lowest BCUT2D eigenvalue weighted by atomic mass is 9.87. The number of aliphatic carboxylic acids is 1. The lowest BCUT2D eigenvalue weighted by Gasteiger charge is -2.27. The van der Waals surface area contributed by atoms with Gasteiger partial charge in [0.1, 0.15) is 0 Å². The second kappa shape index (κ2) is 11.0. The molecule has 182 valence electrons. The zero-order valence-corrected chi connectivity index (χ0v) is 19.1. The molecular formula is C27H27FN2O5. The van der Waals surface area contributed by atoms with Crippen molar-refractivity contribution >= 4 is 28.6 Å². The van der Waals surface area contributed by atoms with Gasteiger partial charge in [-0.05, 0) is 66.8 Å². The Hall–Kier alpha value is -3.94. The van der Waals surface area contributed by atoms with E-state index in [9.17, 15) is 18.8 Å². The van der Waals surface area contributed by atoms with E-state index in [4.69, 9.17) is 9.84 Å². The Morgan fingerprint density at radius 1 is 0.829 bits per heavy atom. The Kier molecular flexibility index (Phi) is 7.60. The Morgan fingerprint density at radius 3 is 2.06 bits per heavy atom. The minimum Gasteiger partial charge on any atom is -0.487 e. The third kappa shape index (κ3) is 6.15. The van der Waals surface area contributed by atoms with E-state index in [0.29, 0.717) is 31.2 Å². The number of carbonyl (C=O) groups excluding carboxylic acids is 2. The number of hydrogen-bond donors (Lipinski definition) is 3. The highest BCUT2D eigenvalue weighted by molar-refractivity contribution is 5.98. The number of rotatable bonds is 8. The second-order valence-electron chi connectivity index (χ2n) is 8.65. The molecule has 0 atom stereocenters. The summed E-state index contributed by atoms with van der Waals surface area (Å²) in [4.78, 5) is 35.8. The fourth-order valence-corrected chi connectivity index (χ4v) is 4.23. The third-order valence-electron chi connectivity index (χ3n) is 6.22. The molecule has 1 aliphatic rings. The van der Waals surface area contributed by atoms with Gasteiger partial charge in [0, 0.05) is 24.2 Å². The summed E-state index contributed by atoms with van der Waals surface area (Å²) < 4.78 is 20.2. The molecule has 8 heteroatoms. The predicted octanol–water partition coefficient (Wildman–Crippen LogP) is 4.16. The van der Waals surface area contributed by atoms with Crippen molar-refractivity contribution in [2.24, 2.45) is 5.92 Å². The monoisotopic (exact) mass is 478 g/mol. The van der Waals surface area contributed by atoms with Crippen LogP contribution in [0.25, 0.3) is 10.8 Å². The van der Waals surface area contributed by atoms with Gasteiger partial charge in [-0.2, -0.15) is 0 Å². The molecule has 2 amide bonds. The second-order valence-corrected chi connectivity index (χ2v) is 8.65. The number of fused-ring (bicyclic) bond motifs is 1. The van der Waals surface area contributed by atoms with Crippen molar-refractivity contribution in [2.45, 2.75) is 31.8 Å². The number of amides is 2. The first-order valence-corrected chi connectivity index (χ1v) is 11.6. The molecule has 4 rings (SSSR count). The molecule has 35 heavy (non-hydrogen) atoms. The minimum absolute atomic E-state index is 0.0444. The molecule has 0 spiro atoms. The number of benzene rings is 3. The Balaban J connectivity index is 1.23. The van der Waals surface area contributed by atoms with Gasteiger partial charge in [-0.15, -0.1) is 0 Å². The van der Waals surface area contributed by atoms with Crippen molar-refractivity contribution in [3.05, 3.63) is 77.6 Å². The fourth-order valence-electron chi connectivity index (χ4n) is 4.23. The van der Waals surface area contributed by atoms with Crippen LogP contribution in [0.15, 0.2) is 60.7 Å². The molecule has 3 N–H and O–H groups in total. The number of carbonyl (C=O) groups is 3. The number of carboxylic acid groups (broad SMARTS) is 1. The minimum atomic E-state index is -0.807. The summed E-state index contributed by atoms with van der Waals surface area (Å²) in [6, 6.07) is 17.2. The number of halogens is 1. The molecule has 0 heterocycles. The van der Waals surface area contributed by atoms with Crippen molar-refractivity contribution in [3.63, 3.8) is 0 Å². The van der Waals surface area contributed by atoms with E-state index in [2.05, 4.69) is 10.6 Å². The highest BCUT2D eigenvalue weighted by atomic mass is 19.1. The molecule has 3 aromatic carbocycles. The average molecular weight is 479 g/mol. The zero-order valence-electron chi connectivity index (χ0n) is 19.1. The molecular weight excluding hydrogens is 451 g/mol. The van der Waals surface area contributed by atoms with Gasteiger partial charge in [0.05, 0.1) is 12.0 Å². The maximum Gasteiger partial charge on any atom is 0.306 e. The van der Waals surface area contributed by atoms with Crippen LogP contribution in [0, 0.1) is 11.7 Å². The van der Waals surface area contributed by atoms with Crippen LogP contribution in [0.2, 0.25) is 0 Å². The smallest absolute Gasteiger partial charge is 0.306 e. The van der Waals surface area contributed by atoms with Crippen LogP contribution >= 0.6 is 0 Å². The van der Waals surface area contributed by atoms with Gasteiger partial charge >= 0.3 is 5.97 Å². The highest BCUT2D eigenvalue weighted by Crippen LogP contribution is 2.29. The van der Waals surface area contributed by atoms with Gasteiger partial charge in [-0.1, -0.05) is 30.3 Å². The number of ether oxygens (including phenoxy) is 1. The van der Waals surface area contributed by atoms with E-state index in [0.717, 1.165) is 16.8 Å². The van der Waals surface area contributed by atoms with Crippen LogP contribution in [-0.4, -0.2) is 42.1 Å². The largest absolute Gasteiger partial charge is 0.487 e. The van der Waals surface area contributed by atoms with Crippen LogP contribution in [-0.2, 0) is 4.79 Å². The van der Waals surface area contributed by atoms with Gasteiger partial charge in [-0.25, -0.2) is 4.39 Å². The van der Waals surface area contributed by atoms with E-state index in [-0.39, 0.29) is 42.3 Å². The SMILES string of the molecule is O=C(NCCNC(=O)c1ccc2ccccc2c1)c1ccc(O[C@H]2CC[C@@H](C(=O)O)CC2)c(F)c1. The van der Waals surface area contributed by atoms with Gasteiger partial charge in [0.25, 0.3) is 11.8 Å². The molecule has 0 saturated heterocycles. The molecule has 0 radical (unpaired) electrons. The molecule has 1 saturated carbocycles. The maximum absolute atomic E-state index is 14.5. The molecule has 7 nitrogen and oxygen atoms in total. The molecule has 0 bridgehead atoms. The molecule has 0 aliphatic heterocycles. The lowest BCUT2D eigenvalue weighted by Crippen LogP contribution is -2.34. The molecule has 0 unspecified atom stereocenters. The van der Waals surface area contributed by atoms with Gasteiger partial charge in [0.15, 0.2) is 11.6 Å². The van der Waals surface area contributed by atoms with Crippen LogP contribution in [0.4, 0.5) is 4.39 Å². The van der Waals surface area contributed by atoms with Gasteiger partial charge in [-0.3, -0.25) is 14.4 Å². The lowest BCUT2D eigenvalue weighted by molar-refractivity contribution is -0.143. The van der Waals surface area contributed by atoms with E-state index in [1.165, 1.54) is 12.1 Å². The molecule has 0 aromatic heterocycles. The average Bonchev–Trinajstić information content (AvgIpc) is 2.87. The number of hydrogen-bond acceptors (Lipinski definition) is 4.